The van der Waals surface area contributed by atoms with Crippen LogP contribution >= 0.6 is 0 Å². The maximum atomic E-state index is 13.0. The van der Waals surface area contributed by atoms with Crippen LogP contribution in [0.25, 0.3) is 0 Å². The van der Waals surface area contributed by atoms with Gasteiger partial charge in [-0.15, -0.1) is 0 Å². The van der Waals surface area contributed by atoms with Crippen LogP contribution in [-0.4, -0.2) is 22.4 Å². The molecule has 0 radical (unpaired) electrons. The number of nitrogens with zero attached hydrogens (tertiary/aromatic N) is 1. The Hall–Kier alpha value is -2.36. The highest BCUT2D eigenvalue weighted by Crippen LogP contribution is 2.33. The molecule has 3 rings (SSSR count). The van der Waals surface area contributed by atoms with Gasteiger partial charge in [0, 0.05) is 17.8 Å². The summed E-state index contributed by atoms with van der Waals surface area (Å²) in [4.78, 5) is 25.5. The van der Waals surface area contributed by atoms with E-state index in [2.05, 4.69) is 0 Å². The van der Waals surface area contributed by atoms with Crippen molar-refractivity contribution >= 4 is 11.8 Å². The first-order chi connectivity index (χ1) is 11.9. The largest absolute Gasteiger partial charge is 0.462 e. The highest BCUT2D eigenvalue weighted by atomic mass is 16.5. The molecule has 4 heteroatoms. The van der Waals surface area contributed by atoms with E-state index in [4.69, 9.17) is 4.74 Å². The van der Waals surface area contributed by atoms with Crippen LogP contribution in [0.4, 0.5) is 0 Å². The number of aromatic nitrogens is 1. The summed E-state index contributed by atoms with van der Waals surface area (Å²) in [5, 5.41) is 0. The molecule has 1 atom stereocenters. The number of carbonyl (C=O) groups is 2. The normalized spacial score (nSPS) is 16.6. The van der Waals surface area contributed by atoms with Crippen molar-refractivity contribution in [3.63, 3.8) is 0 Å². The number of fused-ring (bicyclic) bond motifs is 1. The minimum absolute atomic E-state index is 0.0154. The zero-order chi connectivity index (χ0) is 18.1. The van der Waals surface area contributed by atoms with Gasteiger partial charge in [0.2, 0.25) is 5.78 Å². The minimum atomic E-state index is -0.283. The van der Waals surface area contributed by atoms with Crippen LogP contribution in [0.15, 0.2) is 30.3 Å². The summed E-state index contributed by atoms with van der Waals surface area (Å²) in [6, 6.07) is 9.61. The van der Waals surface area contributed by atoms with Gasteiger partial charge in [-0.25, -0.2) is 0 Å². The second-order valence-electron chi connectivity index (χ2n) is 7.13. The van der Waals surface area contributed by atoms with Gasteiger partial charge < -0.3 is 9.30 Å². The Balaban J connectivity index is 1.98. The molecule has 0 N–H and O–H groups in total. The van der Waals surface area contributed by atoms with Crippen LogP contribution < -0.4 is 0 Å². The summed E-state index contributed by atoms with van der Waals surface area (Å²) < 4.78 is 7.44. The van der Waals surface area contributed by atoms with Crippen molar-refractivity contribution in [1.29, 1.82) is 0 Å². The summed E-state index contributed by atoms with van der Waals surface area (Å²) in [5.74, 6) is -0.459. The van der Waals surface area contributed by atoms with Gasteiger partial charge in [-0.1, -0.05) is 29.8 Å². The van der Waals surface area contributed by atoms with Gasteiger partial charge in [0.25, 0.3) is 0 Å². The molecule has 0 bridgehead atoms. The highest BCUT2D eigenvalue weighted by molar-refractivity contribution is 6.09. The van der Waals surface area contributed by atoms with Gasteiger partial charge in [0.15, 0.2) is 0 Å². The Kier molecular flexibility index (Phi) is 4.80. The number of benzene rings is 1. The Bertz CT molecular complexity index is 799. The average molecular weight is 339 g/mol. The molecule has 2 heterocycles. The van der Waals surface area contributed by atoms with Crippen LogP contribution in [0.1, 0.15) is 65.5 Å². The number of hydrogen-bond donors (Lipinski definition) is 0. The fourth-order valence-electron chi connectivity index (χ4n) is 3.54. The fourth-order valence-corrected chi connectivity index (χ4v) is 3.54. The standard InChI is InChI=1S/C21H25NO3/c1-13(2)25-21(24)17-6-5-11-22-18(17)12-15(4)19(22)20(23)16-9-7-14(3)8-10-16/h7-10,12-13,17H,5-6,11H2,1-4H3. The zero-order valence-corrected chi connectivity index (χ0v) is 15.3. The Labute approximate surface area is 148 Å². The second kappa shape index (κ2) is 6.87. The van der Waals surface area contributed by atoms with E-state index >= 15 is 0 Å². The lowest BCUT2D eigenvalue weighted by atomic mass is 9.96. The number of carbonyl (C=O) groups excluding carboxylic acids is 2. The summed E-state index contributed by atoms with van der Waals surface area (Å²) in [6.07, 6.45) is 1.51. The molecule has 0 fully saturated rings. The third kappa shape index (κ3) is 3.39. The molecule has 0 amide bonds. The maximum absolute atomic E-state index is 13.0. The van der Waals surface area contributed by atoms with Gasteiger partial charge in [-0.2, -0.15) is 0 Å². The van der Waals surface area contributed by atoms with Gasteiger partial charge >= 0.3 is 5.97 Å². The van der Waals surface area contributed by atoms with E-state index in [0.717, 1.165) is 36.2 Å². The lowest BCUT2D eigenvalue weighted by Crippen LogP contribution is -2.27. The molecular weight excluding hydrogens is 314 g/mol. The van der Waals surface area contributed by atoms with Crippen molar-refractivity contribution in [2.24, 2.45) is 0 Å². The average Bonchev–Trinajstić information content (AvgIpc) is 2.89. The smallest absolute Gasteiger partial charge is 0.315 e. The zero-order valence-electron chi connectivity index (χ0n) is 15.3. The minimum Gasteiger partial charge on any atom is -0.462 e. The van der Waals surface area contributed by atoms with Gasteiger partial charge in [-0.3, -0.25) is 9.59 Å². The number of rotatable bonds is 4. The first-order valence-electron chi connectivity index (χ1n) is 8.90. The lowest BCUT2D eigenvalue weighted by molar-refractivity contribution is -0.149. The Morgan fingerprint density at radius 1 is 1.16 bits per heavy atom. The molecule has 1 aliphatic rings. The molecule has 1 aromatic carbocycles. The Morgan fingerprint density at radius 2 is 1.84 bits per heavy atom. The van der Waals surface area contributed by atoms with Crippen LogP contribution in [-0.2, 0) is 16.1 Å². The quantitative estimate of drug-likeness (QED) is 0.620. The third-order valence-corrected chi connectivity index (χ3v) is 4.72. The van der Waals surface area contributed by atoms with Crippen LogP contribution in [0.5, 0.6) is 0 Å². The van der Waals surface area contributed by atoms with E-state index in [1.54, 1.807) is 0 Å². The first-order valence-corrected chi connectivity index (χ1v) is 8.90. The summed E-state index contributed by atoms with van der Waals surface area (Å²) in [6.45, 7) is 8.43. The lowest BCUT2D eigenvalue weighted by Gasteiger charge is -2.25. The predicted octanol–water partition coefficient (Wildman–Crippen LogP) is 4.16. The topological polar surface area (TPSA) is 48.3 Å². The van der Waals surface area contributed by atoms with Crippen molar-refractivity contribution < 1.29 is 14.3 Å². The van der Waals surface area contributed by atoms with Crippen LogP contribution in [0, 0.1) is 13.8 Å². The molecule has 0 aliphatic carbocycles. The van der Waals surface area contributed by atoms with Gasteiger partial charge in [-0.05, 0) is 52.2 Å². The van der Waals surface area contributed by atoms with Crippen molar-refractivity contribution in [2.45, 2.75) is 59.1 Å². The molecule has 1 aromatic heterocycles. The van der Waals surface area contributed by atoms with Crippen LogP contribution in [0.2, 0.25) is 0 Å². The van der Waals surface area contributed by atoms with E-state index in [9.17, 15) is 9.59 Å². The molecule has 2 aromatic rings. The Morgan fingerprint density at radius 3 is 2.48 bits per heavy atom. The predicted molar refractivity (Wildman–Crippen MR) is 97.0 cm³/mol. The monoisotopic (exact) mass is 339 g/mol. The number of ether oxygens (including phenoxy) is 1. The van der Waals surface area contributed by atoms with Gasteiger partial charge in [0.1, 0.15) is 0 Å². The van der Waals surface area contributed by atoms with E-state index in [0.29, 0.717) is 11.3 Å². The SMILES string of the molecule is Cc1ccc(C(=O)c2c(C)cc3n2CCCC3C(=O)OC(C)C)cc1. The molecule has 132 valence electrons. The van der Waals surface area contributed by atoms with Gasteiger partial charge in [0.05, 0.1) is 17.7 Å². The number of esters is 1. The number of hydrogen-bond acceptors (Lipinski definition) is 3. The molecule has 1 aliphatic heterocycles. The molecule has 0 spiro atoms. The molecular formula is C21H25NO3. The van der Waals surface area contributed by atoms with E-state index in [-0.39, 0.29) is 23.8 Å². The number of ketones is 1. The molecule has 4 nitrogen and oxygen atoms in total. The molecule has 0 saturated carbocycles. The van der Waals surface area contributed by atoms with E-state index in [1.165, 1.54) is 0 Å². The summed E-state index contributed by atoms with van der Waals surface area (Å²) in [7, 11) is 0. The van der Waals surface area contributed by atoms with E-state index in [1.807, 2.05) is 62.6 Å². The maximum Gasteiger partial charge on any atom is 0.315 e. The van der Waals surface area contributed by atoms with Crippen molar-refractivity contribution in [3.05, 3.63) is 58.4 Å². The summed E-state index contributed by atoms with van der Waals surface area (Å²) >= 11 is 0. The highest BCUT2D eigenvalue weighted by Gasteiger charge is 2.32. The first kappa shape index (κ1) is 17.5. The fraction of sp³-hybridized carbons (Fsp3) is 0.429. The molecule has 0 saturated heterocycles. The third-order valence-electron chi connectivity index (χ3n) is 4.72. The summed E-state index contributed by atoms with van der Waals surface area (Å²) in [5.41, 5.74) is 4.33. The second-order valence-corrected chi connectivity index (χ2v) is 7.13. The van der Waals surface area contributed by atoms with E-state index < -0.39 is 0 Å². The number of aryl methyl sites for hydroxylation is 2. The molecule has 25 heavy (non-hydrogen) atoms. The van der Waals surface area contributed by atoms with Crippen molar-refractivity contribution in [2.75, 3.05) is 0 Å². The van der Waals surface area contributed by atoms with Crippen molar-refractivity contribution in [1.82, 2.24) is 4.57 Å². The van der Waals surface area contributed by atoms with Crippen LogP contribution in [0.3, 0.4) is 0 Å². The molecule has 1 unspecified atom stereocenters. The van der Waals surface area contributed by atoms with Crippen molar-refractivity contribution in [3.8, 4) is 0 Å².